The Balaban J connectivity index is 1.98. The van der Waals surface area contributed by atoms with E-state index in [9.17, 15) is 4.79 Å². The van der Waals surface area contributed by atoms with E-state index in [0.29, 0.717) is 0 Å². The zero-order valence-electron chi connectivity index (χ0n) is 9.46. The lowest BCUT2D eigenvalue weighted by Gasteiger charge is -2.24. The standard InChI is InChI=1S/C14H17NO/c15-13-11-6-2-3-9(11)7-8-12(13)14(16)10-4-1-5-10/h7-8,10H,1-6,15H2. The van der Waals surface area contributed by atoms with E-state index in [1.54, 1.807) is 0 Å². The Morgan fingerprint density at radius 3 is 2.69 bits per heavy atom. The van der Waals surface area contributed by atoms with Crippen molar-refractivity contribution in [2.75, 3.05) is 5.73 Å². The summed E-state index contributed by atoms with van der Waals surface area (Å²) in [5.74, 6) is 0.528. The van der Waals surface area contributed by atoms with E-state index >= 15 is 0 Å². The van der Waals surface area contributed by atoms with Crippen molar-refractivity contribution in [3.8, 4) is 0 Å². The van der Waals surface area contributed by atoms with Crippen LogP contribution in [0.1, 0.15) is 47.2 Å². The monoisotopic (exact) mass is 215 g/mol. The van der Waals surface area contributed by atoms with Gasteiger partial charge in [-0.3, -0.25) is 4.79 Å². The number of aryl methyl sites for hydroxylation is 1. The number of nitrogens with two attached hydrogens (primary N) is 1. The van der Waals surface area contributed by atoms with E-state index in [4.69, 9.17) is 5.73 Å². The van der Waals surface area contributed by atoms with Crippen LogP contribution in [0.5, 0.6) is 0 Å². The first-order valence-corrected chi connectivity index (χ1v) is 6.22. The fraction of sp³-hybridized carbons (Fsp3) is 0.500. The largest absolute Gasteiger partial charge is 0.398 e. The normalized spacial score (nSPS) is 19.2. The Labute approximate surface area is 95.8 Å². The molecule has 2 aliphatic carbocycles. The predicted octanol–water partition coefficient (Wildman–Crippen LogP) is 2.74. The maximum absolute atomic E-state index is 12.2. The molecule has 2 nitrogen and oxygen atoms in total. The number of carbonyl (C=O) groups excluding carboxylic acids is 1. The molecule has 2 N–H and O–H groups in total. The molecule has 0 atom stereocenters. The molecule has 0 bridgehead atoms. The molecular formula is C14H17NO. The molecule has 1 aromatic carbocycles. The minimum absolute atomic E-state index is 0.252. The fourth-order valence-corrected chi connectivity index (χ4v) is 2.80. The minimum atomic E-state index is 0.252. The molecule has 0 spiro atoms. The molecule has 16 heavy (non-hydrogen) atoms. The lowest BCUT2D eigenvalue weighted by atomic mass is 9.79. The number of rotatable bonds is 2. The lowest BCUT2D eigenvalue weighted by Crippen LogP contribution is -2.23. The van der Waals surface area contributed by atoms with Crippen molar-refractivity contribution in [1.29, 1.82) is 0 Å². The van der Waals surface area contributed by atoms with Crippen LogP contribution in [0.25, 0.3) is 0 Å². The summed E-state index contributed by atoms with van der Waals surface area (Å²) in [6.07, 6.45) is 6.65. The predicted molar refractivity (Wildman–Crippen MR) is 64.6 cm³/mol. The van der Waals surface area contributed by atoms with E-state index in [0.717, 1.165) is 36.9 Å². The number of Topliss-reactive ketones (excluding diaryl/α,β-unsaturated/α-hetero) is 1. The second-order valence-electron chi connectivity index (χ2n) is 5.01. The lowest BCUT2D eigenvalue weighted by molar-refractivity contribution is 0.0856. The van der Waals surface area contributed by atoms with Gasteiger partial charge in [0.1, 0.15) is 0 Å². The summed E-state index contributed by atoms with van der Waals surface area (Å²) in [5, 5.41) is 0. The van der Waals surface area contributed by atoms with Gasteiger partial charge in [0.2, 0.25) is 0 Å². The number of benzene rings is 1. The highest BCUT2D eigenvalue weighted by Crippen LogP contribution is 2.35. The first kappa shape index (κ1) is 9.88. The number of hydrogen-bond acceptors (Lipinski definition) is 2. The summed E-state index contributed by atoms with van der Waals surface area (Å²) in [6.45, 7) is 0. The number of carbonyl (C=O) groups is 1. The number of nitrogen functional groups attached to an aromatic ring is 1. The van der Waals surface area contributed by atoms with E-state index in [1.165, 1.54) is 24.0 Å². The molecule has 84 valence electrons. The average molecular weight is 215 g/mol. The summed E-state index contributed by atoms with van der Waals surface area (Å²) >= 11 is 0. The van der Waals surface area contributed by atoms with Gasteiger partial charge in [0.05, 0.1) is 0 Å². The van der Waals surface area contributed by atoms with Crippen LogP contribution in [-0.2, 0) is 12.8 Å². The number of ketones is 1. The van der Waals surface area contributed by atoms with Gasteiger partial charge in [-0.1, -0.05) is 12.5 Å². The molecule has 1 saturated carbocycles. The van der Waals surface area contributed by atoms with E-state index in [2.05, 4.69) is 6.07 Å². The van der Waals surface area contributed by atoms with E-state index < -0.39 is 0 Å². The van der Waals surface area contributed by atoms with Crippen LogP contribution in [0.2, 0.25) is 0 Å². The summed E-state index contributed by atoms with van der Waals surface area (Å²) in [5.41, 5.74) is 10.3. The molecule has 0 unspecified atom stereocenters. The maximum atomic E-state index is 12.2. The van der Waals surface area contributed by atoms with Gasteiger partial charge in [-0.2, -0.15) is 0 Å². The topological polar surface area (TPSA) is 43.1 Å². The van der Waals surface area contributed by atoms with Gasteiger partial charge in [0, 0.05) is 17.2 Å². The molecule has 0 heterocycles. The summed E-state index contributed by atoms with van der Waals surface area (Å²) < 4.78 is 0. The van der Waals surface area contributed by atoms with Crippen LogP contribution in [-0.4, -0.2) is 5.78 Å². The van der Waals surface area contributed by atoms with Crippen LogP contribution in [0.15, 0.2) is 12.1 Å². The Kier molecular flexibility index (Phi) is 2.23. The van der Waals surface area contributed by atoms with Gasteiger partial charge >= 0.3 is 0 Å². The van der Waals surface area contributed by atoms with Gasteiger partial charge in [-0.25, -0.2) is 0 Å². The van der Waals surface area contributed by atoms with Gasteiger partial charge < -0.3 is 5.73 Å². The molecule has 0 saturated heterocycles. The zero-order chi connectivity index (χ0) is 11.1. The SMILES string of the molecule is Nc1c(C(=O)C2CCC2)ccc2c1CCC2. The van der Waals surface area contributed by atoms with Gasteiger partial charge in [-0.15, -0.1) is 0 Å². The number of fused-ring (bicyclic) bond motifs is 1. The second-order valence-corrected chi connectivity index (χ2v) is 5.01. The Morgan fingerprint density at radius 1 is 1.19 bits per heavy atom. The van der Waals surface area contributed by atoms with Crippen molar-refractivity contribution in [1.82, 2.24) is 0 Å². The van der Waals surface area contributed by atoms with E-state index in [1.807, 2.05) is 6.07 Å². The zero-order valence-corrected chi connectivity index (χ0v) is 9.46. The highest BCUT2D eigenvalue weighted by molar-refractivity contribution is 6.03. The Morgan fingerprint density at radius 2 is 2.00 bits per heavy atom. The van der Waals surface area contributed by atoms with Crippen LogP contribution < -0.4 is 5.73 Å². The molecule has 0 amide bonds. The van der Waals surface area contributed by atoms with Crippen LogP contribution in [0.4, 0.5) is 5.69 Å². The van der Waals surface area contributed by atoms with Crippen molar-refractivity contribution in [3.63, 3.8) is 0 Å². The summed E-state index contributed by atoms with van der Waals surface area (Å²) in [7, 11) is 0. The molecule has 0 aliphatic heterocycles. The highest BCUT2D eigenvalue weighted by atomic mass is 16.1. The van der Waals surface area contributed by atoms with Gasteiger partial charge in [-0.05, 0) is 49.3 Å². The van der Waals surface area contributed by atoms with Crippen LogP contribution in [0, 0.1) is 5.92 Å². The molecular weight excluding hydrogens is 198 g/mol. The van der Waals surface area contributed by atoms with Gasteiger partial charge in [0.15, 0.2) is 5.78 Å². The molecule has 1 fully saturated rings. The average Bonchev–Trinajstić information content (AvgIpc) is 2.63. The summed E-state index contributed by atoms with van der Waals surface area (Å²) in [4.78, 5) is 12.2. The third kappa shape index (κ3) is 1.36. The molecule has 2 heteroatoms. The highest BCUT2D eigenvalue weighted by Gasteiger charge is 2.28. The van der Waals surface area contributed by atoms with Crippen LogP contribution in [0.3, 0.4) is 0 Å². The fourth-order valence-electron chi connectivity index (χ4n) is 2.80. The minimum Gasteiger partial charge on any atom is -0.398 e. The Hall–Kier alpha value is -1.31. The molecule has 0 aromatic heterocycles. The van der Waals surface area contributed by atoms with Crippen molar-refractivity contribution in [2.45, 2.75) is 38.5 Å². The van der Waals surface area contributed by atoms with Crippen molar-refractivity contribution < 1.29 is 4.79 Å². The Bertz CT molecular complexity index is 446. The van der Waals surface area contributed by atoms with E-state index in [-0.39, 0.29) is 11.7 Å². The molecule has 0 radical (unpaired) electrons. The summed E-state index contributed by atoms with van der Waals surface area (Å²) in [6, 6.07) is 4.05. The quantitative estimate of drug-likeness (QED) is 0.609. The van der Waals surface area contributed by atoms with Crippen molar-refractivity contribution >= 4 is 11.5 Å². The van der Waals surface area contributed by atoms with Crippen molar-refractivity contribution in [3.05, 3.63) is 28.8 Å². The second kappa shape index (κ2) is 3.62. The smallest absolute Gasteiger partial charge is 0.168 e. The van der Waals surface area contributed by atoms with Crippen LogP contribution >= 0.6 is 0 Å². The third-order valence-corrected chi connectivity index (χ3v) is 4.07. The molecule has 2 aliphatic rings. The first-order chi connectivity index (χ1) is 7.77. The molecule has 3 rings (SSSR count). The number of anilines is 1. The third-order valence-electron chi connectivity index (χ3n) is 4.07. The van der Waals surface area contributed by atoms with Crippen molar-refractivity contribution in [2.24, 2.45) is 5.92 Å². The number of hydrogen-bond donors (Lipinski definition) is 1. The first-order valence-electron chi connectivity index (χ1n) is 6.22. The maximum Gasteiger partial charge on any atom is 0.168 e. The molecule has 1 aromatic rings. The van der Waals surface area contributed by atoms with Gasteiger partial charge in [0.25, 0.3) is 0 Å².